The number of aromatic nitrogens is 2. The fourth-order valence-electron chi connectivity index (χ4n) is 1.81. The summed E-state index contributed by atoms with van der Waals surface area (Å²) in [6.45, 7) is 14.8. The lowest BCUT2D eigenvalue weighted by Gasteiger charge is -2.14. The van der Waals surface area contributed by atoms with Crippen molar-refractivity contribution < 1.29 is 14.2 Å². The van der Waals surface area contributed by atoms with Crippen LogP contribution < -0.4 is 14.2 Å². The minimum atomic E-state index is 0.308. The molecule has 5 nitrogen and oxygen atoms in total. The van der Waals surface area contributed by atoms with Gasteiger partial charge in [0.1, 0.15) is 4.47 Å². The average Bonchev–Trinajstić information content (AvgIpc) is 2.50. The highest BCUT2D eigenvalue weighted by Crippen LogP contribution is 2.33. The molecule has 0 aliphatic heterocycles. The Bertz CT molecular complexity index is 472. The van der Waals surface area contributed by atoms with Gasteiger partial charge < -0.3 is 14.2 Å². The Morgan fingerprint density at radius 2 is 1.04 bits per heavy atom. The Morgan fingerprint density at radius 1 is 0.680 bits per heavy atom. The first-order valence-electron chi connectivity index (χ1n) is 9.25. The second-order valence-electron chi connectivity index (χ2n) is 7.52. The van der Waals surface area contributed by atoms with E-state index in [1.807, 2.05) is 0 Å². The smallest absolute Gasteiger partial charge is 0.323 e. The van der Waals surface area contributed by atoms with Crippen molar-refractivity contribution in [3.8, 4) is 17.8 Å². The maximum Gasteiger partial charge on any atom is 0.323 e. The highest BCUT2D eigenvalue weighted by Gasteiger charge is 2.16. The first kappa shape index (κ1) is 22.0. The van der Waals surface area contributed by atoms with Crippen LogP contribution in [-0.2, 0) is 0 Å². The molecule has 0 fully saturated rings. The minimum absolute atomic E-state index is 0.308. The van der Waals surface area contributed by atoms with Gasteiger partial charge in [-0.2, -0.15) is 9.97 Å². The van der Waals surface area contributed by atoms with E-state index in [0.717, 1.165) is 19.3 Å². The standard InChI is InChI=1S/C19H33BrN2O3/c1-13(2)7-10-23-17-16(20)18(24-11-8-14(3)4)22-19(21-17)25-12-9-15(5)6/h13-15H,7-12H2,1-6H3. The van der Waals surface area contributed by atoms with Gasteiger partial charge in [0.05, 0.1) is 19.8 Å². The van der Waals surface area contributed by atoms with Crippen LogP contribution in [0.1, 0.15) is 60.8 Å². The fourth-order valence-corrected chi connectivity index (χ4v) is 2.22. The van der Waals surface area contributed by atoms with Crippen LogP contribution in [0.5, 0.6) is 17.8 Å². The van der Waals surface area contributed by atoms with E-state index < -0.39 is 0 Å². The lowest BCUT2D eigenvalue weighted by molar-refractivity contribution is 0.231. The fraction of sp³-hybridized carbons (Fsp3) is 0.789. The third-order valence-corrected chi connectivity index (χ3v) is 4.24. The van der Waals surface area contributed by atoms with Crippen LogP contribution in [0.4, 0.5) is 0 Å². The number of hydrogen-bond donors (Lipinski definition) is 0. The van der Waals surface area contributed by atoms with Gasteiger partial charge in [-0.1, -0.05) is 41.5 Å². The summed E-state index contributed by atoms with van der Waals surface area (Å²) in [6.07, 6.45) is 2.87. The maximum absolute atomic E-state index is 5.83. The molecule has 0 N–H and O–H groups in total. The topological polar surface area (TPSA) is 53.5 Å². The molecule has 0 unspecified atom stereocenters. The van der Waals surface area contributed by atoms with Crippen molar-refractivity contribution in [2.45, 2.75) is 60.8 Å². The molecule has 0 spiro atoms. The van der Waals surface area contributed by atoms with Crippen LogP contribution in [0.25, 0.3) is 0 Å². The van der Waals surface area contributed by atoms with E-state index in [0.29, 0.717) is 59.8 Å². The van der Waals surface area contributed by atoms with Crippen LogP contribution in [0.15, 0.2) is 4.47 Å². The minimum Gasteiger partial charge on any atom is -0.477 e. The molecule has 0 atom stereocenters. The highest BCUT2D eigenvalue weighted by atomic mass is 79.9. The van der Waals surface area contributed by atoms with Gasteiger partial charge in [0.2, 0.25) is 11.8 Å². The number of hydrogen-bond acceptors (Lipinski definition) is 5. The number of nitrogens with zero attached hydrogens (tertiary/aromatic N) is 2. The SMILES string of the molecule is CC(C)CCOc1nc(OCCC(C)C)c(Br)c(OCCC(C)C)n1. The van der Waals surface area contributed by atoms with E-state index in [9.17, 15) is 0 Å². The Kier molecular flexibility index (Phi) is 10.2. The molecule has 0 aliphatic carbocycles. The average molecular weight is 417 g/mol. The molecule has 0 aromatic carbocycles. The van der Waals surface area contributed by atoms with Crippen LogP contribution in [0.2, 0.25) is 0 Å². The van der Waals surface area contributed by atoms with Crippen LogP contribution in [0, 0.1) is 17.8 Å². The zero-order valence-electron chi connectivity index (χ0n) is 16.5. The zero-order chi connectivity index (χ0) is 18.8. The molecule has 0 bridgehead atoms. The Morgan fingerprint density at radius 3 is 1.40 bits per heavy atom. The van der Waals surface area contributed by atoms with E-state index in [2.05, 4.69) is 67.4 Å². The number of halogens is 1. The largest absolute Gasteiger partial charge is 0.477 e. The monoisotopic (exact) mass is 416 g/mol. The van der Waals surface area contributed by atoms with Gasteiger partial charge in [-0.3, -0.25) is 0 Å². The lowest BCUT2D eigenvalue weighted by Crippen LogP contribution is -2.10. The van der Waals surface area contributed by atoms with Gasteiger partial charge in [0, 0.05) is 0 Å². The summed E-state index contributed by atoms with van der Waals surface area (Å²) in [5.74, 6) is 2.68. The number of rotatable bonds is 12. The van der Waals surface area contributed by atoms with Gasteiger partial charge >= 0.3 is 6.01 Å². The molecule has 1 aromatic heterocycles. The van der Waals surface area contributed by atoms with Crippen LogP contribution >= 0.6 is 15.9 Å². The van der Waals surface area contributed by atoms with Gasteiger partial charge in [0.15, 0.2) is 0 Å². The summed E-state index contributed by atoms with van der Waals surface area (Å²) in [4.78, 5) is 8.77. The van der Waals surface area contributed by atoms with Crippen molar-refractivity contribution >= 4 is 15.9 Å². The van der Waals surface area contributed by atoms with E-state index in [-0.39, 0.29) is 0 Å². The third kappa shape index (κ3) is 9.28. The van der Waals surface area contributed by atoms with Crippen molar-refractivity contribution in [1.82, 2.24) is 9.97 Å². The van der Waals surface area contributed by atoms with Crippen molar-refractivity contribution in [2.24, 2.45) is 17.8 Å². The summed E-state index contributed by atoms with van der Waals surface area (Å²) in [6, 6.07) is 0.308. The summed E-state index contributed by atoms with van der Waals surface area (Å²) >= 11 is 3.51. The molecule has 0 aliphatic rings. The molecule has 1 aromatic rings. The number of ether oxygens (including phenoxy) is 3. The van der Waals surface area contributed by atoms with Gasteiger partial charge in [-0.25, -0.2) is 0 Å². The highest BCUT2D eigenvalue weighted by molar-refractivity contribution is 9.10. The van der Waals surface area contributed by atoms with Crippen molar-refractivity contribution in [2.75, 3.05) is 19.8 Å². The second kappa shape index (κ2) is 11.6. The predicted molar refractivity (Wildman–Crippen MR) is 105 cm³/mol. The summed E-state index contributed by atoms with van der Waals surface area (Å²) < 4.78 is 18.0. The molecule has 0 amide bonds. The molecule has 0 saturated carbocycles. The first-order chi connectivity index (χ1) is 11.8. The maximum atomic E-state index is 5.83. The predicted octanol–water partition coefficient (Wildman–Crippen LogP) is 5.51. The van der Waals surface area contributed by atoms with Gasteiger partial charge in [0.25, 0.3) is 0 Å². The van der Waals surface area contributed by atoms with Crippen LogP contribution in [0.3, 0.4) is 0 Å². The molecule has 1 rings (SSSR count). The Labute approximate surface area is 161 Å². The molecule has 144 valence electrons. The summed E-state index contributed by atoms with van der Waals surface area (Å²) in [5, 5.41) is 0. The Balaban J connectivity index is 2.83. The first-order valence-corrected chi connectivity index (χ1v) is 10.0. The van der Waals surface area contributed by atoms with E-state index >= 15 is 0 Å². The molecule has 25 heavy (non-hydrogen) atoms. The zero-order valence-corrected chi connectivity index (χ0v) is 18.1. The molecule has 0 saturated heterocycles. The van der Waals surface area contributed by atoms with Crippen LogP contribution in [-0.4, -0.2) is 29.8 Å². The summed E-state index contributed by atoms with van der Waals surface area (Å²) in [7, 11) is 0. The molecule has 0 radical (unpaired) electrons. The molecule has 6 heteroatoms. The second-order valence-corrected chi connectivity index (χ2v) is 8.32. The third-order valence-electron chi connectivity index (χ3n) is 3.56. The molecule has 1 heterocycles. The van der Waals surface area contributed by atoms with E-state index in [1.165, 1.54) is 0 Å². The Hall–Kier alpha value is -1.04. The molecular weight excluding hydrogens is 384 g/mol. The quantitative estimate of drug-likeness (QED) is 0.449. The van der Waals surface area contributed by atoms with Gasteiger partial charge in [-0.15, -0.1) is 0 Å². The lowest BCUT2D eigenvalue weighted by atomic mass is 10.1. The van der Waals surface area contributed by atoms with Gasteiger partial charge in [-0.05, 0) is 52.9 Å². The van der Waals surface area contributed by atoms with Crippen molar-refractivity contribution in [1.29, 1.82) is 0 Å². The van der Waals surface area contributed by atoms with Crippen molar-refractivity contribution in [3.05, 3.63) is 4.47 Å². The molecular formula is C19H33BrN2O3. The normalized spacial score (nSPS) is 11.4. The summed E-state index contributed by atoms with van der Waals surface area (Å²) in [5.41, 5.74) is 0. The van der Waals surface area contributed by atoms with E-state index in [1.54, 1.807) is 0 Å². The van der Waals surface area contributed by atoms with E-state index in [4.69, 9.17) is 14.2 Å². The van der Waals surface area contributed by atoms with Crippen molar-refractivity contribution in [3.63, 3.8) is 0 Å².